The normalized spacial score (nSPS) is 36.2. The van der Waals surface area contributed by atoms with E-state index >= 15 is 0 Å². The van der Waals surface area contributed by atoms with Gasteiger partial charge in [-0.1, -0.05) is 35.4 Å². The number of halogens is 1. The van der Waals surface area contributed by atoms with E-state index in [9.17, 15) is 24.6 Å². The molecule has 0 aromatic carbocycles. The average Bonchev–Trinajstić information content (AvgIpc) is 3.24. The zero-order valence-corrected chi connectivity index (χ0v) is 18.4. The number of aliphatic carboxylic acids is 1. The van der Waals surface area contributed by atoms with Gasteiger partial charge < -0.3 is 24.7 Å². The van der Waals surface area contributed by atoms with Crippen LogP contribution in [0.4, 0.5) is 0 Å². The van der Waals surface area contributed by atoms with Gasteiger partial charge in [-0.25, -0.2) is 0 Å². The third-order valence-corrected chi connectivity index (χ3v) is 7.34. The van der Waals surface area contributed by atoms with Gasteiger partial charge >= 0.3 is 5.97 Å². The number of carboxylic acid groups (broad SMARTS) is 1. The van der Waals surface area contributed by atoms with Gasteiger partial charge in [-0.3, -0.25) is 14.4 Å². The molecule has 29 heavy (non-hydrogen) atoms. The maximum Gasteiger partial charge on any atom is 0.310 e. The number of carbonyl (C=O) groups is 3. The number of aliphatic hydroxyl groups excluding tert-OH is 1. The number of β-amino-alcohol motifs (C(OH)–C–C–N with tert-alkyl or cyclic N) is 1. The molecule has 0 aromatic rings. The molecule has 3 saturated heterocycles. The molecular formula is C20H29BrN2O6. The second-order valence-corrected chi connectivity index (χ2v) is 9.35. The molecule has 0 radical (unpaired) electrons. The van der Waals surface area contributed by atoms with Gasteiger partial charge in [-0.15, -0.1) is 6.58 Å². The Kier molecular flexibility index (Phi) is 6.41. The summed E-state index contributed by atoms with van der Waals surface area (Å²) < 4.78 is 6.17. The Balaban J connectivity index is 2.05. The first-order valence-electron chi connectivity index (χ1n) is 10.1. The summed E-state index contributed by atoms with van der Waals surface area (Å²) in [6.45, 7) is 7.71. The maximum atomic E-state index is 13.8. The predicted molar refractivity (Wildman–Crippen MR) is 108 cm³/mol. The molecule has 3 aliphatic heterocycles. The number of nitrogens with zero attached hydrogens (tertiary/aromatic N) is 2. The van der Waals surface area contributed by atoms with E-state index in [0.29, 0.717) is 13.0 Å². The third kappa shape index (κ3) is 3.31. The molecule has 0 saturated carbocycles. The Morgan fingerprint density at radius 3 is 2.76 bits per heavy atom. The molecule has 1 spiro atoms. The fourth-order valence-corrected chi connectivity index (χ4v) is 6.34. The van der Waals surface area contributed by atoms with E-state index in [1.807, 2.05) is 13.8 Å². The Bertz CT molecular complexity index is 702. The third-order valence-electron chi connectivity index (χ3n) is 6.50. The van der Waals surface area contributed by atoms with Crippen molar-refractivity contribution in [3.63, 3.8) is 0 Å². The highest BCUT2D eigenvalue weighted by Crippen LogP contribution is 2.60. The minimum Gasteiger partial charge on any atom is -0.481 e. The zero-order chi connectivity index (χ0) is 21.5. The number of carbonyl (C=O) groups excluding carboxylic acids is 2. The van der Waals surface area contributed by atoms with E-state index in [4.69, 9.17) is 4.74 Å². The summed E-state index contributed by atoms with van der Waals surface area (Å²) in [6, 6.07) is -1.03. The van der Waals surface area contributed by atoms with Crippen LogP contribution in [-0.4, -0.2) is 86.1 Å². The molecule has 9 heteroatoms. The van der Waals surface area contributed by atoms with Crippen LogP contribution >= 0.6 is 15.9 Å². The lowest BCUT2D eigenvalue weighted by Gasteiger charge is -2.38. The van der Waals surface area contributed by atoms with Gasteiger partial charge in [0, 0.05) is 24.0 Å². The smallest absolute Gasteiger partial charge is 0.310 e. The number of aliphatic hydroxyl groups is 1. The van der Waals surface area contributed by atoms with Crippen LogP contribution in [0.2, 0.25) is 0 Å². The second-order valence-electron chi connectivity index (χ2n) is 8.17. The molecule has 2 N–H and O–H groups in total. The maximum absolute atomic E-state index is 13.8. The van der Waals surface area contributed by atoms with Crippen LogP contribution in [0.25, 0.3) is 0 Å². The Hall–Kier alpha value is -1.45. The van der Waals surface area contributed by atoms with Crippen LogP contribution in [-0.2, 0) is 19.1 Å². The number of alkyl halides is 1. The fourth-order valence-electron chi connectivity index (χ4n) is 5.40. The molecule has 2 bridgehead atoms. The van der Waals surface area contributed by atoms with Crippen molar-refractivity contribution in [2.75, 3.05) is 19.7 Å². The number of fused-ring (bicyclic) bond motifs is 1. The second kappa shape index (κ2) is 8.35. The van der Waals surface area contributed by atoms with Gasteiger partial charge in [0.1, 0.15) is 11.6 Å². The predicted octanol–water partition coefficient (Wildman–Crippen LogP) is 1.01. The summed E-state index contributed by atoms with van der Waals surface area (Å²) in [5.41, 5.74) is -1.20. The van der Waals surface area contributed by atoms with Crippen molar-refractivity contribution >= 4 is 33.7 Å². The van der Waals surface area contributed by atoms with Gasteiger partial charge in [0.25, 0.3) is 0 Å². The van der Waals surface area contributed by atoms with Crippen LogP contribution in [0.3, 0.4) is 0 Å². The number of hydrogen-bond acceptors (Lipinski definition) is 5. The number of likely N-dealkylation sites (tertiary alicyclic amines) is 1. The number of ether oxygens (including phenoxy) is 1. The number of amides is 2. The molecule has 8 nitrogen and oxygen atoms in total. The molecule has 0 aromatic heterocycles. The van der Waals surface area contributed by atoms with Crippen molar-refractivity contribution in [1.29, 1.82) is 0 Å². The quantitative estimate of drug-likeness (QED) is 0.383. The van der Waals surface area contributed by atoms with Crippen molar-refractivity contribution in [2.24, 2.45) is 11.8 Å². The highest BCUT2D eigenvalue weighted by Gasteiger charge is 2.76. The van der Waals surface area contributed by atoms with Crippen molar-refractivity contribution in [3.8, 4) is 0 Å². The van der Waals surface area contributed by atoms with E-state index < -0.39 is 41.5 Å². The van der Waals surface area contributed by atoms with Crippen LogP contribution in [0.15, 0.2) is 12.7 Å². The van der Waals surface area contributed by atoms with Gasteiger partial charge in [0.05, 0.1) is 24.5 Å². The highest BCUT2D eigenvalue weighted by atomic mass is 79.9. The van der Waals surface area contributed by atoms with Crippen LogP contribution in [0, 0.1) is 11.8 Å². The van der Waals surface area contributed by atoms with E-state index in [2.05, 4.69) is 22.5 Å². The van der Waals surface area contributed by atoms with Gasteiger partial charge in [0.15, 0.2) is 0 Å². The Morgan fingerprint density at radius 1 is 1.52 bits per heavy atom. The number of carboxylic acids is 1. The van der Waals surface area contributed by atoms with Crippen molar-refractivity contribution in [1.82, 2.24) is 9.80 Å². The SMILES string of the molecule is C=CCN(C(=O)C1N(CCO)C(=O)[C@@H]2[C@@H](C(=O)O)[C@@H]3OC12CC3Br)C(C)CCC. The van der Waals surface area contributed by atoms with Crippen LogP contribution in [0.1, 0.15) is 33.1 Å². The first-order valence-corrected chi connectivity index (χ1v) is 11.0. The molecule has 7 atom stereocenters. The summed E-state index contributed by atoms with van der Waals surface area (Å²) in [5, 5.41) is 19.3. The van der Waals surface area contributed by atoms with Crippen molar-refractivity contribution in [3.05, 3.63) is 12.7 Å². The van der Waals surface area contributed by atoms with Gasteiger partial charge in [0.2, 0.25) is 11.8 Å². The topological polar surface area (TPSA) is 107 Å². The summed E-state index contributed by atoms with van der Waals surface area (Å²) >= 11 is 3.50. The van der Waals surface area contributed by atoms with E-state index in [0.717, 1.165) is 12.8 Å². The van der Waals surface area contributed by atoms with Crippen molar-refractivity contribution < 1.29 is 29.3 Å². The molecule has 0 aliphatic carbocycles. The zero-order valence-electron chi connectivity index (χ0n) is 16.8. The van der Waals surface area contributed by atoms with Gasteiger partial charge in [-0.05, 0) is 19.8 Å². The highest BCUT2D eigenvalue weighted by molar-refractivity contribution is 9.09. The number of rotatable bonds is 9. The molecule has 162 valence electrons. The standard InChI is InChI=1S/C20H29BrN2O6/c1-4-6-11(3)22(7-5-2)18(26)16-20-10-12(21)15(29-20)13(19(27)28)14(20)17(25)23(16)8-9-24/h5,11-16,24H,2,4,6-10H2,1,3H3,(H,27,28)/t11?,12?,13-,14+,15-,16?,20?/m1/s1. The minimum absolute atomic E-state index is 0.0368. The van der Waals surface area contributed by atoms with Gasteiger partial charge in [-0.2, -0.15) is 0 Å². The summed E-state index contributed by atoms with van der Waals surface area (Å²) in [7, 11) is 0. The largest absolute Gasteiger partial charge is 0.481 e. The monoisotopic (exact) mass is 472 g/mol. The minimum atomic E-state index is -1.20. The van der Waals surface area contributed by atoms with E-state index in [1.165, 1.54) is 4.90 Å². The van der Waals surface area contributed by atoms with Crippen LogP contribution < -0.4 is 0 Å². The molecule has 3 rings (SSSR count). The Morgan fingerprint density at radius 2 is 2.21 bits per heavy atom. The molecule has 4 unspecified atom stereocenters. The summed E-state index contributed by atoms with van der Waals surface area (Å²) in [5.74, 6) is -3.74. The lowest BCUT2D eigenvalue weighted by molar-refractivity contribution is -0.151. The lowest BCUT2D eigenvalue weighted by Crippen LogP contribution is -2.58. The fraction of sp³-hybridized carbons (Fsp3) is 0.750. The molecule has 3 heterocycles. The lowest BCUT2D eigenvalue weighted by atomic mass is 9.70. The van der Waals surface area contributed by atoms with E-state index in [-0.39, 0.29) is 29.9 Å². The van der Waals surface area contributed by atoms with E-state index in [1.54, 1.807) is 11.0 Å². The first-order chi connectivity index (χ1) is 13.7. The van der Waals surface area contributed by atoms with Crippen molar-refractivity contribution in [2.45, 2.75) is 61.7 Å². The first kappa shape index (κ1) is 22.2. The molecule has 2 amide bonds. The summed E-state index contributed by atoms with van der Waals surface area (Å²) in [6.07, 6.45) is 3.04. The summed E-state index contributed by atoms with van der Waals surface area (Å²) in [4.78, 5) is 41.7. The molecular weight excluding hydrogens is 444 g/mol. The average molecular weight is 473 g/mol. The Labute approximate surface area is 179 Å². The molecule has 3 fully saturated rings. The van der Waals surface area contributed by atoms with Crippen LogP contribution in [0.5, 0.6) is 0 Å². The number of hydrogen-bond donors (Lipinski definition) is 2. The molecule has 3 aliphatic rings.